The smallest absolute Gasteiger partial charge is 0.291 e. The van der Waals surface area contributed by atoms with E-state index in [-0.39, 0.29) is 29.2 Å². The highest BCUT2D eigenvalue weighted by atomic mass is 35.5. The van der Waals surface area contributed by atoms with Gasteiger partial charge in [0.2, 0.25) is 5.76 Å². The molecule has 3 heterocycles. The summed E-state index contributed by atoms with van der Waals surface area (Å²) < 4.78 is 6.10. The maximum absolute atomic E-state index is 14.6. The third-order valence-electron chi connectivity index (χ3n) is 7.41. The van der Waals surface area contributed by atoms with E-state index in [4.69, 9.17) is 16.0 Å². The third kappa shape index (κ3) is 3.22. The monoisotopic (exact) mass is 512 g/mol. The lowest BCUT2D eigenvalue weighted by Crippen LogP contribution is -2.53. The molecule has 2 aliphatic rings. The van der Waals surface area contributed by atoms with Gasteiger partial charge in [0, 0.05) is 17.1 Å². The number of benzene rings is 3. The van der Waals surface area contributed by atoms with Crippen LogP contribution in [0.25, 0.3) is 11.0 Å². The number of aryl methyl sites for hydroxylation is 1. The molecule has 6 rings (SSSR count). The zero-order valence-electron chi connectivity index (χ0n) is 20.6. The van der Waals surface area contributed by atoms with Crippen molar-refractivity contribution < 1.29 is 14.0 Å². The van der Waals surface area contributed by atoms with Gasteiger partial charge in [0.05, 0.1) is 23.2 Å². The molecule has 3 aromatic carbocycles. The molecule has 2 amide bonds. The zero-order chi connectivity index (χ0) is 25.9. The van der Waals surface area contributed by atoms with Crippen LogP contribution in [0, 0.1) is 6.92 Å². The van der Waals surface area contributed by atoms with Crippen LogP contribution in [0.3, 0.4) is 0 Å². The van der Waals surface area contributed by atoms with Gasteiger partial charge in [-0.1, -0.05) is 73.0 Å². The van der Waals surface area contributed by atoms with Gasteiger partial charge >= 0.3 is 0 Å². The Bertz CT molecular complexity index is 1660. The van der Waals surface area contributed by atoms with Gasteiger partial charge in [-0.05, 0) is 43.2 Å². The second-order valence-electron chi connectivity index (χ2n) is 9.66. The highest BCUT2D eigenvalue weighted by Crippen LogP contribution is 2.53. The number of fused-ring (bicyclic) bond motifs is 5. The average molecular weight is 513 g/mol. The van der Waals surface area contributed by atoms with Crippen molar-refractivity contribution in [3.63, 3.8) is 0 Å². The van der Waals surface area contributed by atoms with Gasteiger partial charge in [0.1, 0.15) is 5.58 Å². The number of carbonyl (C=O) groups excluding carboxylic acids is 2. The van der Waals surface area contributed by atoms with Crippen molar-refractivity contribution in [3.05, 3.63) is 110 Å². The largest absolute Gasteiger partial charge is 0.450 e. The lowest BCUT2D eigenvalue weighted by Gasteiger charge is -2.34. The predicted molar refractivity (Wildman–Crippen MR) is 143 cm³/mol. The van der Waals surface area contributed by atoms with Crippen molar-refractivity contribution in [2.24, 2.45) is 0 Å². The molecule has 0 saturated carbocycles. The normalized spacial score (nSPS) is 18.2. The summed E-state index contributed by atoms with van der Waals surface area (Å²) in [6, 6.07) is 20.0. The van der Waals surface area contributed by atoms with Gasteiger partial charge in [0.15, 0.2) is 11.0 Å². The average Bonchev–Trinajstić information content (AvgIpc) is 3.29. The summed E-state index contributed by atoms with van der Waals surface area (Å²) in [4.78, 5) is 45.9. The SMILES string of the molecule is CCCCN1C(=O)c2oc3ccc(C)cc3c(=O)c2C12C(=O)N(Cc1ccccc1Cl)c1ccccc12. The number of para-hydroxylation sites is 1. The van der Waals surface area contributed by atoms with E-state index in [1.54, 1.807) is 28.0 Å². The fourth-order valence-electron chi connectivity index (χ4n) is 5.67. The van der Waals surface area contributed by atoms with Gasteiger partial charge in [-0.25, -0.2) is 0 Å². The summed E-state index contributed by atoms with van der Waals surface area (Å²) in [6.07, 6.45) is 1.49. The molecule has 0 N–H and O–H groups in total. The first kappa shape index (κ1) is 23.5. The van der Waals surface area contributed by atoms with Crippen LogP contribution in [0.4, 0.5) is 5.69 Å². The molecule has 0 saturated heterocycles. The molecule has 37 heavy (non-hydrogen) atoms. The maximum atomic E-state index is 14.6. The molecular formula is C30H25ClN2O4. The van der Waals surface area contributed by atoms with Gasteiger partial charge in [-0.2, -0.15) is 0 Å². The second-order valence-corrected chi connectivity index (χ2v) is 10.1. The quantitative estimate of drug-likeness (QED) is 0.339. The van der Waals surface area contributed by atoms with Crippen molar-refractivity contribution in [1.29, 1.82) is 0 Å². The number of nitrogens with zero attached hydrogens (tertiary/aromatic N) is 2. The van der Waals surface area contributed by atoms with Crippen molar-refractivity contribution in [2.45, 2.75) is 38.8 Å². The van der Waals surface area contributed by atoms with Crippen molar-refractivity contribution in [2.75, 3.05) is 11.4 Å². The minimum atomic E-state index is -1.60. The molecule has 0 radical (unpaired) electrons. The summed E-state index contributed by atoms with van der Waals surface area (Å²) in [6.45, 7) is 4.44. The Hall–Kier alpha value is -3.90. The number of rotatable bonds is 5. The summed E-state index contributed by atoms with van der Waals surface area (Å²) in [5.41, 5.74) is 1.41. The lowest BCUT2D eigenvalue weighted by atomic mass is 9.83. The van der Waals surface area contributed by atoms with Crippen LogP contribution in [0.1, 0.15) is 52.6 Å². The van der Waals surface area contributed by atoms with Crippen LogP contribution in [-0.4, -0.2) is 23.3 Å². The molecule has 1 spiro atoms. The van der Waals surface area contributed by atoms with Crippen LogP contribution >= 0.6 is 11.6 Å². The molecule has 1 unspecified atom stereocenters. The summed E-state index contributed by atoms with van der Waals surface area (Å²) in [5.74, 6) is -0.845. The van der Waals surface area contributed by atoms with Crippen LogP contribution < -0.4 is 10.3 Å². The van der Waals surface area contributed by atoms with Gasteiger partial charge in [-0.3, -0.25) is 14.4 Å². The van der Waals surface area contributed by atoms with Crippen LogP contribution in [0.2, 0.25) is 5.02 Å². The predicted octanol–water partition coefficient (Wildman–Crippen LogP) is 5.80. The fraction of sp³-hybridized carbons (Fsp3) is 0.233. The standard InChI is InChI=1S/C30H25ClN2O4/c1-3-4-15-33-28(35)27-25(26(34)20-16-18(2)13-14-24(20)37-27)30(33)21-10-6-8-12-23(21)32(29(30)36)17-19-9-5-7-11-22(19)31/h5-14,16H,3-4,15,17H2,1-2H3. The summed E-state index contributed by atoms with van der Waals surface area (Å²) >= 11 is 6.47. The maximum Gasteiger partial charge on any atom is 0.291 e. The van der Waals surface area contributed by atoms with E-state index in [1.165, 1.54) is 0 Å². The Morgan fingerprint density at radius 1 is 0.973 bits per heavy atom. The van der Waals surface area contributed by atoms with E-state index in [9.17, 15) is 14.4 Å². The number of carbonyl (C=O) groups is 2. The molecule has 0 aliphatic carbocycles. The number of hydrogen-bond acceptors (Lipinski definition) is 4. The molecule has 6 nitrogen and oxygen atoms in total. The Morgan fingerprint density at radius 3 is 2.51 bits per heavy atom. The number of hydrogen-bond donors (Lipinski definition) is 0. The number of unbranched alkanes of at least 4 members (excludes halogenated alkanes) is 1. The first-order valence-electron chi connectivity index (χ1n) is 12.4. The molecule has 0 fully saturated rings. The molecule has 1 atom stereocenters. The van der Waals surface area contributed by atoms with Crippen LogP contribution in [0.5, 0.6) is 0 Å². The Balaban J connectivity index is 1.66. The molecule has 2 aliphatic heterocycles. The van der Waals surface area contributed by atoms with Crippen LogP contribution in [-0.2, 0) is 16.9 Å². The second kappa shape index (κ2) is 8.60. The van der Waals surface area contributed by atoms with Gasteiger partial charge < -0.3 is 14.2 Å². The van der Waals surface area contributed by atoms with E-state index in [1.807, 2.05) is 62.4 Å². The molecule has 1 aromatic heterocycles. The summed E-state index contributed by atoms with van der Waals surface area (Å²) in [5, 5.41) is 0.901. The highest BCUT2D eigenvalue weighted by molar-refractivity contribution is 6.31. The number of amides is 2. The molecule has 7 heteroatoms. The topological polar surface area (TPSA) is 70.8 Å². The Morgan fingerprint density at radius 2 is 1.73 bits per heavy atom. The highest BCUT2D eigenvalue weighted by Gasteiger charge is 2.64. The minimum Gasteiger partial charge on any atom is -0.450 e. The molecule has 4 aromatic rings. The van der Waals surface area contributed by atoms with E-state index in [0.29, 0.717) is 40.2 Å². The van der Waals surface area contributed by atoms with Gasteiger partial charge in [0.25, 0.3) is 11.8 Å². The van der Waals surface area contributed by atoms with Gasteiger partial charge in [-0.15, -0.1) is 0 Å². The number of anilines is 1. The summed E-state index contributed by atoms with van der Waals surface area (Å²) in [7, 11) is 0. The molecular weight excluding hydrogens is 488 g/mol. The first-order chi connectivity index (χ1) is 17.9. The molecule has 186 valence electrons. The number of halogens is 1. The zero-order valence-corrected chi connectivity index (χ0v) is 21.3. The Kier molecular flexibility index (Phi) is 5.46. The third-order valence-corrected chi connectivity index (χ3v) is 7.78. The van der Waals surface area contributed by atoms with E-state index < -0.39 is 11.4 Å². The van der Waals surface area contributed by atoms with Crippen molar-refractivity contribution in [3.8, 4) is 0 Å². The minimum absolute atomic E-state index is 0.0554. The van der Waals surface area contributed by atoms with Crippen LogP contribution in [0.15, 0.2) is 75.9 Å². The van der Waals surface area contributed by atoms with Crippen molar-refractivity contribution >= 4 is 40.1 Å². The van der Waals surface area contributed by atoms with E-state index in [2.05, 4.69) is 0 Å². The Labute approximate surface area is 219 Å². The van der Waals surface area contributed by atoms with E-state index in [0.717, 1.165) is 17.5 Å². The lowest BCUT2D eigenvalue weighted by molar-refractivity contribution is -0.126. The fourth-order valence-corrected chi connectivity index (χ4v) is 5.87. The molecule has 0 bridgehead atoms. The van der Waals surface area contributed by atoms with E-state index >= 15 is 0 Å². The first-order valence-corrected chi connectivity index (χ1v) is 12.8. The van der Waals surface area contributed by atoms with Crippen molar-refractivity contribution in [1.82, 2.24) is 4.90 Å².